The molecule has 1 aliphatic heterocycles. The molecule has 4 heterocycles. The molecule has 0 bridgehead atoms. The van der Waals surface area contributed by atoms with Crippen molar-refractivity contribution in [2.75, 3.05) is 10.2 Å². The Morgan fingerprint density at radius 1 is 1.37 bits per heavy atom. The minimum absolute atomic E-state index is 0.0884. The third kappa shape index (κ3) is 2.82. The van der Waals surface area contributed by atoms with Gasteiger partial charge in [0.1, 0.15) is 9.71 Å². The maximum absolute atomic E-state index is 12.9. The lowest BCUT2D eigenvalue weighted by atomic mass is 10.0. The van der Waals surface area contributed by atoms with Crippen molar-refractivity contribution in [3.05, 3.63) is 40.7 Å². The fourth-order valence-electron chi connectivity index (χ4n) is 3.34. The number of urea groups is 1. The van der Waals surface area contributed by atoms with E-state index >= 15 is 0 Å². The Bertz CT molecular complexity index is 1090. The quantitative estimate of drug-likeness (QED) is 0.688. The largest absolute Gasteiger partial charge is 0.477 e. The number of carboxylic acids is 1. The van der Waals surface area contributed by atoms with E-state index in [9.17, 15) is 14.7 Å². The molecular weight excluding hydrogens is 364 g/mol. The molecule has 0 unspecified atom stereocenters. The smallest absolute Gasteiger partial charge is 0.348 e. The van der Waals surface area contributed by atoms with Gasteiger partial charge in [0.2, 0.25) is 0 Å². The molecule has 2 amide bonds. The summed E-state index contributed by atoms with van der Waals surface area (Å²) in [6, 6.07) is 3.22. The number of amides is 2. The normalized spacial score (nSPS) is 13.3. The summed E-state index contributed by atoms with van der Waals surface area (Å²) in [6.45, 7) is 6.14. The van der Waals surface area contributed by atoms with Crippen LogP contribution in [0.4, 0.5) is 21.9 Å². The molecule has 4 rings (SSSR count). The maximum Gasteiger partial charge on any atom is 0.348 e. The van der Waals surface area contributed by atoms with Gasteiger partial charge in [0.15, 0.2) is 0 Å². The number of aromatic nitrogens is 2. The predicted octanol–water partition coefficient (Wildman–Crippen LogP) is 4.58. The summed E-state index contributed by atoms with van der Waals surface area (Å²) in [4.78, 5) is 35.5. The van der Waals surface area contributed by atoms with Crippen molar-refractivity contribution >= 4 is 50.6 Å². The van der Waals surface area contributed by atoms with E-state index in [1.165, 1.54) is 4.90 Å². The topological polar surface area (TPSA) is 95.4 Å². The Kier molecular flexibility index (Phi) is 4.07. The van der Waals surface area contributed by atoms with Crippen LogP contribution in [0.15, 0.2) is 24.5 Å². The molecule has 27 heavy (non-hydrogen) atoms. The minimum Gasteiger partial charge on any atom is -0.477 e. The number of carbonyl (C=O) groups is 2. The minimum atomic E-state index is -1.08. The molecule has 0 radical (unpaired) electrons. The van der Waals surface area contributed by atoms with Gasteiger partial charge in [-0.2, -0.15) is 0 Å². The molecule has 1 aliphatic rings. The molecule has 0 saturated carbocycles. The number of carbonyl (C=O) groups excluding carboxylic acids is 1. The van der Waals surface area contributed by atoms with Crippen LogP contribution in [0.3, 0.4) is 0 Å². The van der Waals surface area contributed by atoms with E-state index in [1.54, 1.807) is 18.5 Å². The van der Waals surface area contributed by atoms with Crippen LogP contribution < -0.4 is 10.2 Å². The van der Waals surface area contributed by atoms with Crippen LogP contribution in [-0.2, 0) is 6.42 Å². The first kappa shape index (κ1) is 17.4. The lowest BCUT2D eigenvalue weighted by Gasteiger charge is -2.29. The number of carboxylic acid groups (broad SMARTS) is 1. The summed E-state index contributed by atoms with van der Waals surface area (Å²) in [6.07, 6.45) is 4.04. The number of aromatic carboxylic acids is 1. The molecule has 0 saturated heterocycles. The van der Waals surface area contributed by atoms with Crippen molar-refractivity contribution in [1.82, 2.24) is 9.97 Å². The van der Waals surface area contributed by atoms with Gasteiger partial charge >= 0.3 is 12.0 Å². The number of hydrogen-bond donors (Lipinski definition) is 2. The molecule has 7 nitrogen and oxygen atoms in total. The molecule has 8 heteroatoms. The van der Waals surface area contributed by atoms with E-state index in [2.05, 4.69) is 29.1 Å². The molecule has 0 aromatic carbocycles. The van der Waals surface area contributed by atoms with Gasteiger partial charge in [0.25, 0.3) is 0 Å². The molecule has 0 aliphatic carbocycles. The predicted molar refractivity (Wildman–Crippen MR) is 105 cm³/mol. The van der Waals surface area contributed by atoms with Crippen LogP contribution in [0.25, 0.3) is 10.2 Å². The van der Waals surface area contributed by atoms with E-state index in [-0.39, 0.29) is 4.88 Å². The van der Waals surface area contributed by atoms with Gasteiger partial charge in [0, 0.05) is 11.9 Å². The molecule has 0 spiro atoms. The fourth-order valence-corrected chi connectivity index (χ4v) is 4.34. The number of nitrogens with zero attached hydrogens (tertiary/aromatic N) is 3. The Hall–Kier alpha value is -3.00. The van der Waals surface area contributed by atoms with Gasteiger partial charge in [-0.3, -0.25) is 9.88 Å². The van der Waals surface area contributed by atoms with Crippen LogP contribution in [0.5, 0.6) is 0 Å². The summed E-state index contributed by atoms with van der Waals surface area (Å²) < 4.78 is 0. The maximum atomic E-state index is 12.9. The van der Waals surface area contributed by atoms with Crippen molar-refractivity contribution < 1.29 is 14.7 Å². The highest BCUT2D eigenvalue weighted by atomic mass is 32.1. The van der Waals surface area contributed by atoms with Gasteiger partial charge in [-0.1, -0.05) is 13.8 Å². The number of pyridine rings is 2. The van der Waals surface area contributed by atoms with Crippen LogP contribution in [-0.4, -0.2) is 27.1 Å². The van der Waals surface area contributed by atoms with Crippen LogP contribution in [0, 0.1) is 12.8 Å². The van der Waals surface area contributed by atoms with Crippen molar-refractivity contribution in [3.8, 4) is 0 Å². The van der Waals surface area contributed by atoms with Gasteiger partial charge in [0.05, 0.1) is 28.6 Å². The second kappa shape index (κ2) is 6.31. The Morgan fingerprint density at radius 3 is 2.81 bits per heavy atom. The Morgan fingerprint density at radius 2 is 2.15 bits per heavy atom. The summed E-state index contributed by atoms with van der Waals surface area (Å²) in [5.41, 5.74) is 3.30. The molecule has 3 aromatic rings. The SMILES string of the molecule is Cc1cc(CC(C)C)ncc1N1C(=O)Nc2ccnc3sc(C(=O)O)c1c23. The average Bonchev–Trinajstić information content (AvgIpc) is 2.97. The van der Waals surface area contributed by atoms with E-state index in [0.29, 0.717) is 33.2 Å². The van der Waals surface area contributed by atoms with Crippen molar-refractivity contribution in [1.29, 1.82) is 0 Å². The summed E-state index contributed by atoms with van der Waals surface area (Å²) in [5, 5.41) is 13.2. The standard InChI is InChI=1S/C19H18N4O3S/c1-9(2)6-11-7-10(3)13(8-21-11)23-15-14-12(22-19(23)26)4-5-20-17(14)27-16(15)18(24)25/h4-5,7-9H,6H2,1-3H3,(H,22,26)(H,24,25). The first-order chi connectivity index (χ1) is 12.9. The fraction of sp³-hybridized carbons (Fsp3) is 0.263. The van der Waals surface area contributed by atoms with E-state index in [0.717, 1.165) is 29.0 Å². The number of hydrogen-bond acceptors (Lipinski definition) is 5. The second-order valence-corrected chi connectivity index (χ2v) is 7.95. The van der Waals surface area contributed by atoms with Crippen LogP contribution in [0.2, 0.25) is 0 Å². The second-order valence-electron chi connectivity index (χ2n) is 6.95. The summed E-state index contributed by atoms with van der Waals surface area (Å²) in [5.74, 6) is -0.616. The van der Waals surface area contributed by atoms with Gasteiger partial charge in [-0.05, 0) is 37.0 Å². The van der Waals surface area contributed by atoms with Crippen LogP contribution in [0.1, 0.15) is 34.8 Å². The highest BCUT2D eigenvalue weighted by Gasteiger charge is 2.34. The third-order valence-electron chi connectivity index (χ3n) is 4.43. The van der Waals surface area contributed by atoms with Gasteiger partial charge < -0.3 is 10.4 Å². The average molecular weight is 382 g/mol. The summed E-state index contributed by atoms with van der Waals surface area (Å²) >= 11 is 1.06. The van der Waals surface area contributed by atoms with Crippen molar-refractivity contribution in [3.63, 3.8) is 0 Å². The molecule has 138 valence electrons. The molecular formula is C19H18N4O3S. The highest BCUT2D eigenvalue weighted by molar-refractivity contribution is 7.21. The van der Waals surface area contributed by atoms with Gasteiger partial charge in [-0.25, -0.2) is 14.6 Å². The zero-order chi connectivity index (χ0) is 19.3. The third-order valence-corrected chi connectivity index (χ3v) is 5.50. The first-order valence-electron chi connectivity index (χ1n) is 8.58. The Labute approximate surface area is 159 Å². The first-order valence-corrected chi connectivity index (χ1v) is 9.40. The van der Waals surface area contributed by atoms with Gasteiger partial charge in [-0.15, -0.1) is 11.3 Å². The highest BCUT2D eigenvalue weighted by Crippen LogP contribution is 2.47. The summed E-state index contributed by atoms with van der Waals surface area (Å²) in [7, 11) is 0. The zero-order valence-electron chi connectivity index (χ0n) is 15.1. The number of anilines is 3. The zero-order valence-corrected chi connectivity index (χ0v) is 15.9. The number of aryl methyl sites for hydroxylation is 1. The number of nitrogens with one attached hydrogen (secondary N) is 1. The van der Waals surface area contributed by atoms with E-state index < -0.39 is 12.0 Å². The van der Waals surface area contributed by atoms with E-state index in [1.807, 2.05) is 13.0 Å². The number of thiophene rings is 1. The monoisotopic (exact) mass is 382 g/mol. The molecule has 2 N–H and O–H groups in total. The number of rotatable bonds is 4. The lowest BCUT2D eigenvalue weighted by Crippen LogP contribution is -2.35. The van der Waals surface area contributed by atoms with E-state index in [4.69, 9.17) is 0 Å². The van der Waals surface area contributed by atoms with Crippen molar-refractivity contribution in [2.24, 2.45) is 5.92 Å². The lowest BCUT2D eigenvalue weighted by molar-refractivity contribution is 0.0703. The molecule has 0 fully saturated rings. The molecule has 0 atom stereocenters. The molecule has 3 aromatic heterocycles. The van der Waals surface area contributed by atoms with Crippen molar-refractivity contribution in [2.45, 2.75) is 27.2 Å². The Balaban J connectivity index is 1.92. The van der Waals surface area contributed by atoms with Crippen LogP contribution >= 0.6 is 11.3 Å².